The molecular weight excluding hydrogens is 641 g/mol. The van der Waals surface area contributed by atoms with Crippen LogP contribution in [0.3, 0.4) is 0 Å². The van der Waals surface area contributed by atoms with Crippen LogP contribution in [0.1, 0.15) is 44.5 Å². The SMILES string of the molecule is c1ccc(C2(c3ccccc3)c3ccccc3-c3ccc(-c4nc5cccc6c5n4-c4ccccc4C64c5ccccc5-c5ccccc54)cc32)cc1. The normalized spacial score (nSPS) is 14.7. The van der Waals surface area contributed by atoms with E-state index in [-0.39, 0.29) is 0 Å². The standard InChI is InChI=1S/C51H32N2/c1-3-16-34(17-4-1)50(35-18-5-2-6-19-35)40-23-10-7-22-38(40)39-31-30-33(32-45(39)50)49-52-46-28-15-27-44-48(46)53(49)47-29-14-13-26-43(47)51(44)41-24-11-8-20-36(41)37-21-9-12-25-42(37)51/h1-32H. The summed E-state index contributed by atoms with van der Waals surface area (Å²) in [7, 11) is 0. The average molecular weight is 673 g/mol. The fraction of sp³-hybridized carbons (Fsp3) is 0.0392. The van der Waals surface area contributed by atoms with Crippen LogP contribution >= 0.6 is 0 Å². The molecule has 0 amide bonds. The van der Waals surface area contributed by atoms with Crippen molar-refractivity contribution < 1.29 is 0 Å². The molecule has 0 atom stereocenters. The minimum Gasteiger partial charge on any atom is -0.292 e. The predicted octanol–water partition coefficient (Wildman–Crippen LogP) is 11.7. The fourth-order valence-electron chi connectivity index (χ4n) is 10.4. The summed E-state index contributed by atoms with van der Waals surface area (Å²) < 4.78 is 2.45. The second kappa shape index (κ2) is 10.4. The Balaban J connectivity index is 1.18. The lowest BCUT2D eigenvalue weighted by Gasteiger charge is -2.39. The Labute approximate surface area is 308 Å². The molecule has 2 nitrogen and oxygen atoms in total. The van der Waals surface area contributed by atoms with Crippen molar-refractivity contribution in [3.8, 4) is 39.3 Å². The molecular formula is C51H32N2. The van der Waals surface area contributed by atoms with Crippen molar-refractivity contribution in [1.82, 2.24) is 9.55 Å². The zero-order valence-electron chi connectivity index (χ0n) is 28.9. The van der Waals surface area contributed by atoms with Crippen LogP contribution in [0.15, 0.2) is 194 Å². The third kappa shape index (κ3) is 3.46. The maximum absolute atomic E-state index is 5.55. The van der Waals surface area contributed by atoms with E-state index < -0.39 is 10.8 Å². The van der Waals surface area contributed by atoms with Gasteiger partial charge >= 0.3 is 0 Å². The van der Waals surface area contributed by atoms with Crippen LogP contribution < -0.4 is 0 Å². The number of hydrogen-bond donors (Lipinski definition) is 0. The first-order valence-corrected chi connectivity index (χ1v) is 18.5. The smallest absolute Gasteiger partial charge is 0.145 e. The van der Waals surface area contributed by atoms with Crippen LogP contribution in [-0.4, -0.2) is 9.55 Å². The summed E-state index contributed by atoms with van der Waals surface area (Å²) in [4.78, 5) is 5.55. The van der Waals surface area contributed by atoms with Gasteiger partial charge in [0.05, 0.1) is 27.6 Å². The molecule has 2 aliphatic carbocycles. The molecule has 0 saturated carbocycles. The average Bonchev–Trinajstić information content (AvgIpc) is 3.87. The molecule has 0 unspecified atom stereocenters. The van der Waals surface area contributed by atoms with Crippen molar-refractivity contribution >= 4 is 11.0 Å². The lowest BCUT2D eigenvalue weighted by molar-refractivity contribution is 0.745. The molecule has 1 spiro atoms. The molecule has 2 heterocycles. The van der Waals surface area contributed by atoms with Gasteiger partial charge in [-0.3, -0.25) is 4.57 Å². The monoisotopic (exact) mass is 672 g/mol. The van der Waals surface area contributed by atoms with Gasteiger partial charge in [-0.25, -0.2) is 4.98 Å². The minimum absolute atomic E-state index is 0.452. The molecule has 0 N–H and O–H groups in total. The number of benzene rings is 8. The van der Waals surface area contributed by atoms with E-state index in [2.05, 4.69) is 199 Å². The Morgan fingerprint density at radius 2 is 0.849 bits per heavy atom. The number of rotatable bonds is 3. The van der Waals surface area contributed by atoms with Gasteiger partial charge in [0.1, 0.15) is 5.82 Å². The van der Waals surface area contributed by atoms with Crippen LogP contribution in [0.4, 0.5) is 0 Å². The maximum Gasteiger partial charge on any atom is 0.145 e. The fourth-order valence-corrected chi connectivity index (χ4v) is 10.4. The third-order valence-electron chi connectivity index (χ3n) is 12.3. The van der Waals surface area contributed by atoms with E-state index in [1.54, 1.807) is 0 Å². The quantitative estimate of drug-likeness (QED) is 0.183. The molecule has 0 radical (unpaired) electrons. The topological polar surface area (TPSA) is 17.8 Å². The molecule has 12 rings (SSSR count). The summed E-state index contributed by atoms with van der Waals surface area (Å²) in [6.45, 7) is 0. The molecule has 8 aromatic carbocycles. The van der Waals surface area contributed by atoms with Gasteiger partial charge < -0.3 is 0 Å². The second-order valence-electron chi connectivity index (χ2n) is 14.6. The Hall–Kier alpha value is -6.77. The van der Waals surface area contributed by atoms with Crippen LogP contribution in [0.25, 0.3) is 50.4 Å². The zero-order chi connectivity index (χ0) is 34.7. The molecule has 0 fully saturated rings. The number of aromatic nitrogens is 2. The van der Waals surface area contributed by atoms with Crippen molar-refractivity contribution in [1.29, 1.82) is 0 Å². The van der Waals surface area contributed by atoms with Gasteiger partial charge in [-0.15, -0.1) is 0 Å². The lowest BCUT2D eigenvalue weighted by Crippen LogP contribution is -2.33. The molecule has 1 aromatic heterocycles. The van der Waals surface area contributed by atoms with Gasteiger partial charge in [0.15, 0.2) is 0 Å². The van der Waals surface area contributed by atoms with E-state index in [1.807, 2.05) is 0 Å². The Morgan fingerprint density at radius 1 is 0.358 bits per heavy atom. The highest BCUT2D eigenvalue weighted by Crippen LogP contribution is 2.61. The summed E-state index contributed by atoms with van der Waals surface area (Å²) in [6.07, 6.45) is 0. The maximum atomic E-state index is 5.55. The number of hydrogen-bond acceptors (Lipinski definition) is 1. The summed E-state index contributed by atoms with van der Waals surface area (Å²) >= 11 is 0. The summed E-state index contributed by atoms with van der Waals surface area (Å²) in [6, 6.07) is 71.8. The van der Waals surface area contributed by atoms with Crippen molar-refractivity contribution in [2.75, 3.05) is 0 Å². The van der Waals surface area contributed by atoms with Crippen molar-refractivity contribution in [3.05, 3.63) is 239 Å². The van der Waals surface area contributed by atoms with Crippen LogP contribution in [0.5, 0.6) is 0 Å². The highest BCUT2D eigenvalue weighted by molar-refractivity contribution is 5.98. The van der Waals surface area contributed by atoms with E-state index in [0.717, 1.165) is 16.9 Å². The van der Waals surface area contributed by atoms with Gasteiger partial charge in [-0.1, -0.05) is 176 Å². The Kier molecular flexibility index (Phi) is 5.67. The second-order valence-corrected chi connectivity index (χ2v) is 14.6. The molecule has 1 aliphatic heterocycles. The van der Waals surface area contributed by atoms with Gasteiger partial charge in [0, 0.05) is 5.56 Å². The minimum atomic E-state index is -0.483. The number of para-hydroxylation sites is 2. The molecule has 0 bridgehead atoms. The molecule has 246 valence electrons. The van der Waals surface area contributed by atoms with Gasteiger partial charge in [-0.05, 0) is 85.0 Å². The molecule has 0 saturated heterocycles. The van der Waals surface area contributed by atoms with Crippen molar-refractivity contribution in [2.24, 2.45) is 0 Å². The van der Waals surface area contributed by atoms with E-state index in [1.165, 1.54) is 78.0 Å². The van der Waals surface area contributed by atoms with Gasteiger partial charge in [-0.2, -0.15) is 0 Å². The number of nitrogens with zero attached hydrogens (tertiary/aromatic N) is 2. The third-order valence-corrected chi connectivity index (χ3v) is 12.3. The highest BCUT2D eigenvalue weighted by atomic mass is 15.1. The zero-order valence-corrected chi connectivity index (χ0v) is 28.9. The summed E-state index contributed by atoms with van der Waals surface area (Å²) in [5, 5.41) is 0. The summed E-state index contributed by atoms with van der Waals surface area (Å²) in [5.41, 5.74) is 19.0. The van der Waals surface area contributed by atoms with Crippen molar-refractivity contribution in [3.63, 3.8) is 0 Å². The van der Waals surface area contributed by atoms with E-state index >= 15 is 0 Å². The molecule has 53 heavy (non-hydrogen) atoms. The van der Waals surface area contributed by atoms with Gasteiger partial charge in [0.2, 0.25) is 0 Å². The predicted molar refractivity (Wildman–Crippen MR) is 215 cm³/mol. The number of fused-ring (bicyclic) bond motifs is 12. The van der Waals surface area contributed by atoms with Gasteiger partial charge in [0.25, 0.3) is 0 Å². The van der Waals surface area contributed by atoms with Crippen molar-refractivity contribution in [2.45, 2.75) is 10.8 Å². The first kappa shape index (κ1) is 28.9. The molecule has 3 aliphatic rings. The number of imidazole rings is 1. The van der Waals surface area contributed by atoms with Crippen LogP contribution in [0.2, 0.25) is 0 Å². The van der Waals surface area contributed by atoms with E-state index in [4.69, 9.17) is 4.98 Å². The van der Waals surface area contributed by atoms with Crippen LogP contribution in [0, 0.1) is 0 Å². The lowest BCUT2D eigenvalue weighted by atomic mass is 9.65. The Bertz CT molecular complexity index is 2870. The first-order chi connectivity index (χ1) is 26.3. The largest absolute Gasteiger partial charge is 0.292 e. The van der Waals surface area contributed by atoms with E-state index in [9.17, 15) is 0 Å². The molecule has 2 heteroatoms. The van der Waals surface area contributed by atoms with Crippen LogP contribution in [-0.2, 0) is 10.8 Å². The Morgan fingerprint density at radius 3 is 1.47 bits per heavy atom. The highest BCUT2D eigenvalue weighted by Gasteiger charge is 2.51. The summed E-state index contributed by atoms with van der Waals surface area (Å²) in [5.74, 6) is 0.961. The van der Waals surface area contributed by atoms with E-state index in [0.29, 0.717) is 0 Å². The molecule has 9 aromatic rings. The first-order valence-electron chi connectivity index (χ1n) is 18.5.